The van der Waals surface area contributed by atoms with Gasteiger partial charge in [-0.1, -0.05) is 24.4 Å². The molecule has 1 saturated heterocycles. The number of anilines is 1. The number of carbonyl (C=O) groups is 2. The van der Waals surface area contributed by atoms with Gasteiger partial charge >= 0.3 is 0 Å². The summed E-state index contributed by atoms with van der Waals surface area (Å²) >= 11 is 5.82. The summed E-state index contributed by atoms with van der Waals surface area (Å²) in [5.41, 5.74) is 0.642. The number of halogens is 1. The minimum absolute atomic E-state index is 0.0352. The molecule has 0 unspecified atom stereocenters. The molecule has 0 radical (unpaired) electrons. The number of carbonyl (C=O) groups excluding carboxylic acids is 2. The molecule has 18 heavy (non-hydrogen) atoms. The number of fused-ring (bicyclic) bond motifs is 1. The maximum Gasteiger partial charge on any atom is 0.237 e. The van der Waals surface area contributed by atoms with Crippen LogP contribution in [0.4, 0.5) is 5.69 Å². The Balaban J connectivity index is 1.95. The van der Waals surface area contributed by atoms with Crippen LogP contribution in [0.25, 0.3) is 0 Å². The Morgan fingerprint density at radius 1 is 0.944 bits per heavy atom. The van der Waals surface area contributed by atoms with Crippen LogP contribution in [0.3, 0.4) is 0 Å². The fourth-order valence-corrected chi connectivity index (χ4v) is 3.13. The van der Waals surface area contributed by atoms with Gasteiger partial charge in [0.15, 0.2) is 0 Å². The molecule has 1 heterocycles. The molecule has 2 fully saturated rings. The van der Waals surface area contributed by atoms with Gasteiger partial charge in [-0.3, -0.25) is 14.5 Å². The van der Waals surface area contributed by atoms with Crippen molar-refractivity contribution >= 4 is 29.1 Å². The second kappa shape index (κ2) is 4.39. The zero-order chi connectivity index (χ0) is 12.7. The molecule has 0 bridgehead atoms. The fourth-order valence-electron chi connectivity index (χ4n) is 3.01. The Bertz CT molecular complexity index is 473. The molecule has 2 aliphatic rings. The van der Waals surface area contributed by atoms with Crippen molar-refractivity contribution in [2.45, 2.75) is 25.7 Å². The van der Waals surface area contributed by atoms with Gasteiger partial charge < -0.3 is 0 Å². The number of hydrogen-bond donors (Lipinski definition) is 0. The lowest BCUT2D eigenvalue weighted by Gasteiger charge is -2.19. The summed E-state index contributed by atoms with van der Waals surface area (Å²) in [6.07, 6.45) is 3.79. The van der Waals surface area contributed by atoms with Crippen LogP contribution in [-0.2, 0) is 9.59 Å². The number of rotatable bonds is 1. The Morgan fingerprint density at radius 3 is 1.94 bits per heavy atom. The van der Waals surface area contributed by atoms with E-state index in [2.05, 4.69) is 0 Å². The molecule has 0 spiro atoms. The molecule has 3 nitrogen and oxygen atoms in total. The van der Waals surface area contributed by atoms with Crippen LogP contribution < -0.4 is 4.90 Å². The Morgan fingerprint density at radius 2 is 1.44 bits per heavy atom. The first-order chi connectivity index (χ1) is 8.68. The van der Waals surface area contributed by atoms with Gasteiger partial charge in [-0.15, -0.1) is 0 Å². The molecule has 4 heteroatoms. The van der Waals surface area contributed by atoms with Gasteiger partial charge in [-0.2, -0.15) is 0 Å². The summed E-state index contributed by atoms with van der Waals surface area (Å²) in [6.45, 7) is 0. The number of amides is 2. The first kappa shape index (κ1) is 11.7. The van der Waals surface area contributed by atoms with Gasteiger partial charge in [0, 0.05) is 5.02 Å². The van der Waals surface area contributed by atoms with Gasteiger partial charge in [0.05, 0.1) is 17.5 Å². The minimum Gasteiger partial charge on any atom is -0.274 e. The van der Waals surface area contributed by atoms with Crippen molar-refractivity contribution in [1.29, 1.82) is 0 Å². The Kier molecular flexibility index (Phi) is 2.86. The fraction of sp³-hybridized carbons (Fsp3) is 0.429. The number of benzene rings is 1. The van der Waals surface area contributed by atoms with E-state index in [9.17, 15) is 9.59 Å². The quantitative estimate of drug-likeness (QED) is 0.731. The molecule has 1 aliphatic carbocycles. The van der Waals surface area contributed by atoms with Crippen LogP contribution in [0.5, 0.6) is 0 Å². The van der Waals surface area contributed by atoms with Crippen molar-refractivity contribution < 1.29 is 9.59 Å². The standard InChI is InChI=1S/C14H14ClNO2/c15-9-5-7-10(8-6-9)16-13(17)11-3-1-2-4-12(11)14(16)18/h5-8,11-12H,1-4H2/t11-,12+. The molecule has 2 amide bonds. The van der Waals surface area contributed by atoms with Crippen LogP contribution in [0.2, 0.25) is 5.02 Å². The van der Waals surface area contributed by atoms with E-state index in [1.54, 1.807) is 24.3 Å². The molecule has 0 aromatic heterocycles. The average molecular weight is 264 g/mol. The van der Waals surface area contributed by atoms with Crippen LogP contribution >= 0.6 is 11.6 Å². The number of nitrogens with zero attached hydrogens (tertiary/aromatic N) is 1. The lowest BCUT2D eigenvalue weighted by Crippen LogP contribution is -2.30. The van der Waals surface area contributed by atoms with Gasteiger partial charge in [0.2, 0.25) is 11.8 Å². The SMILES string of the molecule is O=C1[C@H]2CCCC[C@H]2C(=O)N1c1ccc(Cl)cc1. The van der Waals surface area contributed by atoms with Crippen LogP contribution in [-0.4, -0.2) is 11.8 Å². The van der Waals surface area contributed by atoms with Crippen LogP contribution in [0.15, 0.2) is 24.3 Å². The second-order valence-electron chi connectivity index (χ2n) is 4.99. The van der Waals surface area contributed by atoms with Crippen molar-refractivity contribution in [1.82, 2.24) is 0 Å². The second-order valence-corrected chi connectivity index (χ2v) is 5.42. The lowest BCUT2D eigenvalue weighted by atomic mass is 9.81. The lowest BCUT2D eigenvalue weighted by molar-refractivity contribution is -0.122. The van der Waals surface area contributed by atoms with E-state index >= 15 is 0 Å². The van der Waals surface area contributed by atoms with Crippen molar-refractivity contribution in [2.75, 3.05) is 4.90 Å². The van der Waals surface area contributed by atoms with E-state index in [0.717, 1.165) is 25.7 Å². The third-order valence-corrected chi connectivity index (χ3v) is 4.18. The first-order valence-electron chi connectivity index (χ1n) is 6.32. The van der Waals surface area contributed by atoms with Gasteiger partial charge in [-0.25, -0.2) is 0 Å². The smallest absolute Gasteiger partial charge is 0.237 e. The van der Waals surface area contributed by atoms with Crippen molar-refractivity contribution in [2.24, 2.45) is 11.8 Å². The summed E-state index contributed by atoms with van der Waals surface area (Å²) in [4.78, 5) is 26.0. The highest BCUT2D eigenvalue weighted by Gasteiger charge is 2.48. The highest BCUT2D eigenvalue weighted by Crippen LogP contribution is 2.40. The summed E-state index contributed by atoms with van der Waals surface area (Å²) < 4.78 is 0. The van der Waals surface area contributed by atoms with Gasteiger partial charge in [0.25, 0.3) is 0 Å². The van der Waals surface area contributed by atoms with E-state index in [1.165, 1.54) is 4.90 Å². The largest absolute Gasteiger partial charge is 0.274 e. The summed E-state index contributed by atoms with van der Waals surface area (Å²) in [7, 11) is 0. The molecular weight excluding hydrogens is 250 g/mol. The third-order valence-electron chi connectivity index (χ3n) is 3.93. The summed E-state index contributed by atoms with van der Waals surface area (Å²) in [5, 5.41) is 0.607. The van der Waals surface area contributed by atoms with Gasteiger partial charge in [-0.05, 0) is 37.1 Å². The Hall–Kier alpha value is -1.35. The molecule has 1 saturated carbocycles. The monoisotopic (exact) mass is 263 g/mol. The third kappa shape index (κ3) is 1.74. The predicted molar refractivity (Wildman–Crippen MR) is 69.4 cm³/mol. The van der Waals surface area contributed by atoms with Crippen molar-refractivity contribution in [3.05, 3.63) is 29.3 Å². The molecule has 1 aromatic carbocycles. The maximum absolute atomic E-state index is 12.3. The van der Waals surface area contributed by atoms with E-state index < -0.39 is 0 Å². The zero-order valence-electron chi connectivity index (χ0n) is 9.93. The first-order valence-corrected chi connectivity index (χ1v) is 6.69. The molecular formula is C14H14ClNO2. The van der Waals surface area contributed by atoms with Crippen LogP contribution in [0, 0.1) is 11.8 Å². The molecule has 94 valence electrons. The van der Waals surface area contributed by atoms with Crippen LogP contribution in [0.1, 0.15) is 25.7 Å². The molecule has 1 aromatic rings. The molecule has 3 rings (SSSR count). The van der Waals surface area contributed by atoms with E-state index in [0.29, 0.717) is 10.7 Å². The number of hydrogen-bond acceptors (Lipinski definition) is 2. The molecule has 1 aliphatic heterocycles. The van der Waals surface area contributed by atoms with E-state index in [-0.39, 0.29) is 23.7 Å². The van der Waals surface area contributed by atoms with E-state index in [1.807, 2.05) is 0 Å². The normalized spacial score (nSPS) is 27.5. The Labute approximate surface area is 111 Å². The summed E-state index contributed by atoms with van der Waals surface area (Å²) in [6, 6.07) is 6.88. The number of imide groups is 1. The zero-order valence-corrected chi connectivity index (χ0v) is 10.7. The van der Waals surface area contributed by atoms with Gasteiger partial charge in [0.1, 0.15) is 0 Å². The topological polar surface area (TPSA) is 37.4 Å². The molecule has 2 atom stereocenters. The van der Waals surface area contributed by atoms with Crippen molar-refractivity contribution in [3.63, 3.8) is 0 Å². The highest BCUT2D eigenvalue weighted by molar-refractivity contribution is 6.30. The summed E-state index contributed by atoms with van der Waals surface area (Å²) in [5.74, 6) is -0.261. The van der Waals surface area contributed by atoms with E-state index in [4.69, 9.17) is 11.6 Å². The molecule has 0 N–H and O–H groups in total. The average Bonchev–Trinajstić information content (AvgIpc) is 2.64. The highest BCUT2D eigenvalue weighted by atomic mass is 35.5. The maximum atomic E-state index is 12.3. The predicted octanol–water partition coefficient (Wildman–Crippen LogP) is 3.02. The van der Waals surface area contributed by atoms with Crippen molar-refractivity contribution in [3.8, 4) is 0 Å². The minimum atomic E-state index is -0.0954.